The van der Waals surface area contributed by atoms with Crippen molar-refractivity contribution in [3.63, 3.8) is 0 Å². The Labute approximate surface area is 83.3 Å². The SMILES string of the molecule is CC([PH]1(O)OCCO1)[PH]1(O)OCCO1. The first-order valence-corrected chi connectivity index (χ1v) is 8.26. The van der Waals surface area contributed by atoms with Crippen LogP contribution in [0, 0.1) is 0 Å². The molecular formula is C6H16O6P2. The van der Waals surface area contributed by atoms with Crippen LogP contribution in [0.2, 0.25) is 0 Å². The van der Waals surface area contributed by atoms with Crippen LogP contribution in [-0.4, -0.2) is 41.6 Å². The van der Waals surface area contributed by atoms with E-state index in [9.17, 15) is 9.79 Å². The van der Waals surface area contributed by atoms with Crippen molar-refractivity contribution in [3.8, 4) is 0 Å². The van der Waals surface area contributed by atoms with E-state index in [2.05, 4.69) is 0 Å². The molecule has 0 unspecified atom stereocenters. The van der Waals surface area contributed by atoms with E-state index in [4.69, 9.17) is 18.1 Å². The topological polar surface area (TPSA) is 77.4 Å². The molecule has 0 spiro atoms. The molecule has 14 heavy (non-hydrogen) atoms. The van der Waals surface area contributed by atoms with Gasteiger partial charge in [-0.1, -0.05) is 0 Å². The molecule has 0 atom stereocenters. The minimum absolute atomic E-state index is 0.373. The quantitative estimate of drug-likeness (QED) is 0.687. The fourth-order valence-electron chi connectivity index (χ4n) is 1.57. The molecule has 0 aliphatic carbocycles. The number of hydrogen-bond donors (Lipinski definition) is 2. The zero-order valence-corrected chi connectivity index (χ0v) is 9.93. The van der Waals surface area contributed by atoms with Gasteiger partial charge in [-0.3, -0.25) is 0 Å². The fraction of sp³-hybridized carbons (Fsp3) is 1.00. The van der Waals surface area contributed by atoms with E-state index in [0.29, 0.717) is 26.4 Å². The van der Waals surface area contributed by atoms with Gasteiger partial charge in [-0.15, -0.1) is 0 Å². The molecule has 2 fully saturated rings. The molecule has 0 aromatic rings. The number of rotatable bonds is 2. The predicted octanol–water partition coefficient (Wildman–Crippen LogP) is 0.400. The van der Waals surface area contributed by atoms with Crippen LogP contribution < -0.4 is 0 Å². The van der Waals surface area contributed by atoms with Crippen molar-refractivity contribution in [3.05, 3.63) is 0 Å². The molecule has 2 rings (SSSR count). The van der Waals surface area contributed by atoms with Crippen molar-refractivity contribution in [1.82, 2.24) is 0 Å². The summed E-state index contributed by atoms with van der Waals surface area (Å²) in [5.41, 5.74) is 0. The molecule has 0 amide bonds. The molecule has 8 heteroatoms. The standard InChI is InChI=1S/C6H16O6P2/c1-6(13(7)9-2-3-10-13)14(8)11-4-5-12-14/h6-8,13-14H,2-5H2,1H3. The first-order valence-electron chi connectivity index (χ1n) is 4.57. The van der Waals surface area contributed by atoms with E-state index in [-0.39, 0.29) is 0 Å². The van der Waals surface area contributed by atoms with Crippen LogP contribution in [0.15, 0.2) is 0 Å². The third-order valence-corrected chi connectivity index (χ3v) is 9.35. The Kier molecular flexibility index (Phi) is 3.09. The van der Waals surface area contributed by atoms with E-state index in [0.717, 1.165) is 0 Å². The van der Waals surface area contributed by atoms with E-state index >= 15 is 0 Å². The summed E-state index contributed by atoms with van der Waals surface area (Å²) in [6.45, 7) is 3.15. The van der Waals surface area contributed by atoms with Crippen LogP contribution in [0.5, 0.6) is 0 Å². The average Bonchev–Trinajstić information content (AvgIpc) is 2.75. The minimum atomic E-state index is -3.27. The molecular weight excluding hydrogens is 230 g/mol. The van der Waals surface area contributed by atoms with Crippen molar-refractivity contribution in [2.24, 2.45) is 0 Å². The molecule has 2 heterocycles. The third kappa shape index (κ3) is 1.82. The van der Waals surface area contributed by atoms with Crippen LogP contribution in [0.1, 0.15) is 6.92 Å². The van der Waals surface area contributed by atoms with Gasteiger partial charge in [0.15, 0.2) is 0 Å². The van der Waals surface area contributed by atoms with Crippen LogP contribution in [0.25, 0.3) is 0 Å². The molecule has 6 nitrogen and oxygen atoms in total. The van der Waals surface area contributed by atoms with Gasteiger partial charge in [-0.25, -0.2) is 0 Å². The number of hydrogen-bond acceptors (Lipinski definition) is 6. The molecule has 2 saturated heterocycles. The summed E-state index contributed by atoms with van der Waals surface area (Å²) < 4.78 is 20.7. The summed E-state index contributed by atoms with van der Waals surface area (Å²) in [5.74, 6) is 0. The van der Waals surface area contributed by atoms with E-state index < -0.39 is 21.3 Å². The van der Waals surface area contributed by atoms with Gasteiger partial charge in [0.2, 0.25) is 0 Å². The van der Waals surface area contributed by atoms with Gasteiger partial charge in [-0.2, -0.15) is 0 Å². The van der Waals surface area contributed by atoms with Crippen LogP contribution in [0.3, 0.4) is 0 Å². The third-order valence-electron chi connectivity index (χ3n) is 2.50. The summed E-state index contributed by atoms with van der Waals surface area (Å²) in [7, 11) is -6.53. The van der Waals surface area contributed by atoms with E-state index in [1.807, 2.05) is 0 Å². The van der Waals surface area contributed by atoms with Crippen molar-refractivity contribution in [1.29, 1.82) is 0 Å². The van der Waals surface area contributed by atoms with Crippen molar-refractivity contribution >= 4 is 15.9 Å². The predicted molar refractivity (Wildman–Crippen MR) is 54.3 cm³/mol. The van der Waals surface area contributed by atoms with Gasteiger partial charge in [0.1, 0.15) is 0 Å². The van der Waals surface area contributed by atoms with Crippen molar-refractivity contribution in [2.45, 2.75) is 12.3 Å². The summed E-state index contributed by atoms with van der Waals surface area (Å²) >= 11 is 0. The van der Waals surface area contributed by atoms with Gasteiger partial charge >= 0.3 is 82.5 Å². The monoisotopic (exact) mass is 246 g/mol. The second-order valence-electron chi connectivity index (χ2n) is 3.38. The molecule has 0 aromatic carbocycles. The van der Waals surface area contributed by atoms with E-state index in [1.165, 1.54) is 0 Å². The summed E-state index contributed by atoms with van der Waals surface area (Å²) in [5, 5.41) is -0.556. The second kappa shape index (κ2) is 3.89. The summed E-state index contributed by atoms with van der Waals surface area (Å²) in [4.78, 5) is 20.0. The van der Waals surface area contributed by atoms with Crippen LogP contribution >= 0.6 is 15.9 Å². The summed E-state index contributed by atoms with van der Waals surface area (Å²) in [6.07, 6.45) is 0. The Bertz CT molecular complexity index is 190. The molecule has 0 bridgehead atoms. The van der Waals surface area contributed by atoms with Crippen LogP contribution in [-0.2, 0) is 18.1 Å². The first-order chi connectivity index (χ1) is 6.57. The van der Waals surface area contributed by atoms with Gasteiger partial charge in [0.25, 0.3) is 0 Å². The Hall–Kier alpha value is 0.620. The van der Waals surface area contributed by atoms with E-state index in [1.54, 1.807) is 6.92 Å². The maximum atomic E-state index is 9.99. The average molecular weight is 246 g/mol. The maximum absolute atomic E-state index is 9.99. The Morgan fingerprint density at radius 3 is 1.43 bits per heavy atom. The zero-order chi connectivity index (χ0) is 10.2. The normalized spacial score (nSPS) is 36.5. The van der Waals surface area contributed by atoms with Gasteiger partial charge in [0, 0.05) is 0 Å². The summed E-state index contributed by atoms with van der Waals surface area (Å²) in [6, 6.07) is 0. The first kappa shape index (κ1) is 11.1. The molecule has 2 N–H and O–H groups in total. The molecule has 0 aromatic heterocycles. The molecule has 2 aliphatic heterocycles. The van der Waals surface area contributed by atoms with Gasteiger partial charge in [0.05, 0.1) is 0 Å². The Morgan fingerprint density at radius 2 is 1.14 bits per heavy atom. The Balaban J connectivity index is 2.09. The second-order valence-corrected chi connectivity index (χ2v) is 9.36. The fourth-order valence-corrected chi connectivity index (χ4v) is 7.08. The van der Waals surface area contributed by atoms with Gasteiger partial charge < -0.3 is 0 Å². The molecule has 0 radical (unpaired) electrons. The van der Waals surface area contributed by atoms with Crippen molar-refractivity contribution in [2.75, 3.05) is 26.4 Å². The Morgan fingerprint density at radius 1 is 0.857 bits per heavy atom. The van der Waals surface area contributed by atoms with Crippen LogP contribution in [0.4, 0.5) is 0 Å². The zero-order valence-electron chi connectivity index (χ0n) is 7.93. The van der Waals surface area contributed by atoms with Gasteiger partial charge in [-0.05, 0) is 0 Å². The molecule has 86 valence electrons. The molecule has 2 aliphatic rings. The van der Waals surface area contributed by atoms with Crippen molar-refractivity contribution < 1.29 is 27.9 Å². The molecule has 0 saturated carbocycles.